The highest BCUT2D eigenvalue weighted by Crippen LogP contribution is 2.29. The monoisotopic (exact) mass is 393 g/mol. The van der Waals surface area contributed by atoms with Crippen LogP contribution in [0.4, 0.5) is 10.5 Å². The number of urea groups is 1. The molecular weight excluding hydrogens is 366 g/mol. The van der Waals surface area contributed by atoms with Gasteiger partial charge in [-0.2, -0.15) is 0 Å². The molecular formula is C22H27N5O2. The molecule has 0 aliphatic carbocycles. The van der Waals surface area contributed by atoms with E-state index in [-0.39, 0.29) is 11.9 Å². The molecule has 1 N–H and O–H groups in total. The van der Waals surface area contributed by atoms with Crippen LogP contribution in [0, 0.1) is 13.8 Å². The Morgan fingerprint density at radius 3 is 3.00 bits per heavy atom. The van der Waals surface area contributed by atoms with Gasteiger partial charge in [0.25, 0.3) is 0 Å². The second-order valence-corrected chi connectivity index (χ2v) is 7.64. The van der Waals surface area contributed by atoms with Crippen LogP contribution >= 0.6 is 0 Å². The number of aromatic nitrogens is 3. The van der Waals surface area contributed by atoms with E-state index in [1.165, 1.54) is 0 Å². The third-order valence-electron chi connectivity index (χ3n) is 5.53. The Morgan fingerprint density at radius 1 is 1.31 bits per heavy atom. The molecule has 152 valence electrons. The van der Waals surface area contributed by atoms with Gasteiger partial charge in [0.05, 0.1) is 6.61 Å². The van der Waals surface area contributed by atoms with E-state index in [1.807, 2.05) is 43.0 Å². The molecule has 29 heavy (non-hydrogen) atoms. The Morgan fingerprint density at radius 2 is 2.17 bits per heavy atom. The number of anilines is 1. The Balaban J connectivity index is 1.52. The number of fused-ring (bicyclic) bond motifs is 1. The maximum atomic E-state index is 12.8. The second-order valence-electron chi connectivity index (χ2n) is 7.64. The standard InChI is InChI=1S/C22H27N5O2/c1-15-6-7-16(2)19(13-15)25-22(28)26-10-8-17(14-26)20-24-18-5-4-9-23-21(18)27(20)11-12-29-3/h4-7,9,13,17H,8,10-12,14H2,1-3H3,(H,25,28). The van der Waals surface area contributed by atoms with Crippen LogP contribution in [-0.4, -0.2) is 52.3 Å². The number of ether oxygens (including phenoxy) is 1. The van der Waals surface area contributed by atoms with Crippen LogP contribution in [0.3, 0.4) is 0 Å². The van der Waals surface area contributed by atoms with Crippen molar-refractivity contribution in [2.75, 3.05) is 32.1 Å². The molecule has 0 bridgehead atoms. The van der Waals surface area contributed by atoms with Crippen LogP contribution < -0.4 is 5.32 Å². The Labute approximate surface area is 170 Å². The summed E-state index contributed by atoms with van der Waals surface area (Å²) in [5, 5.41) is 3.07. The Hall–Kier alpha value is -2.93. The van der Waals surface area contributed by atoms with Gasteiger partial charge in [0.15, 0.2) is 5.65 Å². The zero-order valence-corrected chi connectivity index (χ0v) is 17.2. The highest BCUT2D eigenvalue weighted by Gasteiger charge is 2.31. The summed E-state index contributed by atoms with van der Waals surface area (Å²) in [6, 6.07) is 9.92. The maximum absolute atomic E-state index is 12.8. The highest BCUT2D eigenvalue weighted by atomic mass is 16.5. The van der Waals surface area contributed by atoms with Crippen molar-refractivity contribution in [2.45, 2.75) is 32.7 Å². The molecule has 1 saturated heterocycles. The molecule has 1 aliphatic rings. The van der Waals surface area contributed by atoms with Gasteiger partial charge in [-0.05, 0) is 49.6 Å². The third-order valence-corrected chi connectivity index (χ3v) is 5.53. The van der Waals surface area contributed by atoms with Crippen LogP contribution in [0.5, 0.6) is 0 Å². The van der Waals surface area contributed by atoms with E-state index in [0.717, 1.165) is 40.2 Å². The molecule has 2 amide bonds. The first-order valence-electron chi connectivity index (χ1n) is 10.00. The van der Waals surface area contributed by atoms with Gasteiger partial charge < -0.3 is 19.5 Å². The fraction of sp³-hybridized carbons (Fsp3) is 0.409. The molecule has 3 heterocycles. The number of benzene rings is 1. The number of nitrogens with zero attached hydrogens (tertiary/aromatic N) is 4. The van der Waals surface area contributed by atoms with Gasteiger partial charge >= 0.3 is 6.03 Å². The Kier molecular flexibility index (Phi) is 5.49. The lowest BCUT2D eigenvalue weighted by Crippen LogP contribution is -2.33. The van der Waals surface area contributed by atoms with Crippen LogP contribution in [0.2, 0.25) is 0 Å². The number of pyridine rings is 1. The average molecular weight is 393 g/mol. The van der Waals surface area contributed by atoms with Gasteiger partial charge in [-0.1, -0.05) is 12.1 Å². The summed E-state index contributed by atoms with van der Waals surface area (Å²) in [5.41, 5.74) is 4.82. The fourth-order valence-corrected chi connectivity index (χ4v) is 3.91. The predicted molar refractivity (Wildman–Crippen MR) is 113 cm³/mol. The summed E-state index contributed by atoms with van der Waals surface area (Å²) >= 11 is 0. The number of amides is 2. The predicted octanol–water partition coefficient (Wildman–Crippen LogP) is 3.72. The molecule has 7 heteroatoms. The van der Waals surface area contributed by atoms with Gasteiger partial charge in [0, 0.05) is 44.5 Å². The van der Waals surface area contributed by atoms with E-state index in [4.69, 9.17) is 9.72 Å². The number of likely N-dealkylation sites (tertiary alicyclic amines) is 1. The van der Waals surface area contributed by atoms with Gasteiger partial charge in [0.2, 0.25) is 0 Å². The number of nitrogens with one attached hydrogen (secondary N) is 1. The van der Waals surface area contributed by atoms with Crippen molar-refractivity contribution in [3.63, 3.8) is 0 Å². The molecule has 2 aromatic heterocycles. The van der Waals surface area contributed by atoms with E-state index in [9.17, 15) is 4.79 Å². The van der Waals surface area contributed by atoms with Crippen LogP contribution in [0.15, 0.2) is 36.5 Å². The van der Waals surface area contributed by atoms with Gasteiger partial charge in [-0.25, -0.2) is 14.8 Å². The van der Waals surface area contributed by atoms with Crippen molar-refractivity contribution in [3.05, 3.63) is 53.5 Å². The molecule has 0 radical (unpaired) electrons. The number of imidazole rings is 1. The molecule has 1 aliphatic heterocycles. The quantitative estimate of drug-likeness (QED) is 0.717. The smallest absolute Gasteiger partial charge is 0.321 e. The molecule has 7 nitrogen and oxygen atoms in total. The maximum Gasteiger partial charge on any atom is 0.321 e. The normalized spacial score (nSPS) is 16.5. The summed E-state index contributed by atoms with van der Waals surface area (Å²) in [4.78, 5) is 24.1. The number of methoxy groups -OCH3 is 1. The minimum atomic E-state index is -0.0566. The van der Waals surface area contributed by atoms with Crippen molar-refractivity contribution in [1.82, 2.24) is 19.4 Å². The lowest BCUT2D eigenvalue weighted by molar-refractivity contribution is 0.186. The number of aryl methyl sites for hydroxylation is 2. The van der Waals surface area contributed by atoms with Crippen LogP contribution in [0.25, 0.3) is 11.2 Å². The fourth-order valence-electron chi connectivity index (χ4n) is 3.91. The first kappa shape index (κ1) is 19.4. The molecule has 0 saturated carbocycles. The lowest BCUT2D eigenvalue weighted by Gasteiger charge is -2.19. The number of hydrogen-bond acceptors (Lipinski definition) is 4. The Bertz CT molecular complexity index is 1030. The summed E-state index contributed by atoms with van der Waals surface area (Å²) in [6.07, 6.45) is 2.67. The number of carbonyl (C=O) groups excluding carboxylic acids is 1. The van der Waals surface area contributed by atoms with E-state index in [2.05, 4.69) is 20.9 Å². The van der Waals surface area contributed by atoms with Gasteiger partial charge in [0.1, 0.15) is 11.3 Å². The summed E-state index contributed by atoms with van der Waals surface area (Å²) in [5.74, 6) is 1.17. The third kappa shape index (κ3) is 3.96. The molecule has 1 aromatic carbocycles. The first-order valence-corrected chi connectivity index (χ1v) is 10.00. The number of hydrogen-bond donors (Lipinski definition) is 1. The highest BCUT2D eigenvalue weighted by molar-refractivity contribution is 5.90. The minimum absolute atomic E-state index is 0.0566. The molecule has 0 spiro atoms. The van der Waals surface area contributed by atoms with Crippen molar-refractivity contribution < 1.29 is 9.53 Å². The van der Waals surface area contributed by atoms with E-state index in [1.54, 1.807) is 13.3 Å². The SMILES string of the molecule is COCCn1c(C2CCN(C(=O)Nc3cc(C)ccc3C)C2)nc2cccnc21. The molecule has 3 aromatic rings. The van der Waals surface area contributed by atoms with Gasteiger partial charge in [-0.3, -0.25) is 0 Å². The van der Waals surface area contributed by atoms with E-state index >= 15 is 0 Å². The topological polar surface area (TPSA) is 72.3 Å². The molecule has 1 atom stereocenters. The largest absolute Gasteiger partial charge is 0.383 e. The first-order chi connectivity index (χ1) is 14.1. The van der Waals surface area contributed by atoms with Crippen LogP contribution in [0.1, 0.15) is 29.3 Å². The van der Waals surface area contributed by atoms with Gasteiger partial charge in [-0.15, -0.1) is 0 Å². The van der Waals surface area contributed by atoms with E-state index in [0.29, 0.717) is 26.2 Å². The van der Waals surface area contributed by atoms with Crippen molar-refractivity contribution in [2.24, 2.45) is 0 Å². The summed E-state index contributed by atoms with van der Waals surface area (Å²) < 4.78 is 7.41. The second kappa shape index (κ2) is 8.21. The lowest BCUT2D eigenvalue weighted by atomic mass is 10.1. The summed E-state index contributed by atoms with van der Waals surface area (Å²) in [7, 11) is 1.70. The van der Waals surface area contributed by atoms with Crippen molar-refractivity contribution >= 4 is 22.9 Å². The minimum Gasteiger partial charge on any atom is -0.383 e. The molecule has 4 rings (SSSR count). The van der Waals surface area contributed by atoms with Crippen LogP contribution in [-0.2, 0) is 11.3 Å². The van der Waals surface area contributed by atoms with Crippen molar-refractivity contribution in [1.29, 1.82) is 0 Å². The molecule has 1 fully saturated rings. The zero-order valence-electron chi connectivity index (χ0n) is 17.2. The zero-order chi connectivity index (χ0) is 20.4. The van der Waals surface area contributed by atoms with E-state index < -0.39 is 0 Å². The van der Waals surface area contributed by atoms with Crippen molar-refractivity contribution in [3.8, 4) is 0 Å². The molecule has 1 unspecified atom stereocenters. The average Bonchev–Trinajstić information content (AvgIpc) is 3.34. The number of carbonyl (C=O) groups is 1. The number of rotatable bonds is 5. The summed E-state index contributed by atoms with van der Waals surface area (Å²) in [6.45, 7) is 6.69.